The molecule has 152 valence electrons. The number of hydrogen-bond acceptors (Lipinski definition) is 3. The first kappa shape index (κ1) is 20.4. The number of pyridine rings is 1. The Bertz CT molecular complexity index is 854. The molecule has 0 amide bonds. The van der Waals surface area contributed by atoms with Crippen LogP contribution in [0.1, 0.15) is 36.9 Å². The summed E-state index contributed by atoms with van der Waals surface area (Å²) in [7, 11) is 0. The van der Waals surface area contributed by atoms with Gasteiger partial charge in [0, 0.05) is 17.5 Å². The maximum atomic E-state index is 13.7. The van der Waals surface area contributed by atoms with Crippen molar-refractivity contribution in [1.82, 2.24) is 4.98 Å². The Morgan fingerprint density at radius 2 is 1.68 bits per heavy atom. The summed E-state index contributed by atoms with van der Waals surface area (Å²) >= 11 is 0. The zero-order chi connectivity index (χ0) is 20.5. The highest BCUT2D eigenvalue weighted by Gasteiger charge is 2.42. The molecular formula is C19H17F6NO2. The second-order valence-corrected chi connectivity index (χ2v) is 6.81. The van der Waals surface area contributed by atoms with E-state index in [2.05, 4.69) is 4.98 Å². The van der Waals surface area contributed by atoms with Crippen LogP contribution in [0.3, 0.4) is 0 Å². The first-order valence-corrected chi connectivity index (χ1v) is 8.76. The van der Waals surface area contributed by atoms with Crippen molar-refractivity contribution >= 4 is 17.2 Å². The topological polar surface area (TPSA) is 39.2 Å². The molecule has 0 N–H and O–H groups in total. The molecule has 1 aliphatic rings. The molecule has 0 unspecified atom stereocenters. The van der Waals surface area contributed by atoms with E-state index < -0.39 is 35.7 Å². The summed E-state index contributed by atoms with van der Waals surface area (Å²) in [6.45, 7) is 0. The summed E-state index contributed by atoms with van der Waals surface area (Å²) < 4.78 is 84.8. The molecule has 1 fully saturated rings. The lowest BCUT2D eigenvalue weighted by atomic mass is 9.87. The SMILES string of the molecule is O=CCc1ccc2c(C(F)(F)F)c(OC3CCC(C(F)(F)F)CC3)ccc2n1. The minimum atomic E-state index is -4.73. The molecular weight excluding hydrogens is 388 g/mol. The van der Waals surface area contributed by atoms with E-state index in [0.717, 1.165) is 6.07 Å². The maximum absolute atomic E-state index is 13.7. The third-order valence-electron chi connectivity index (χ3n) is 4.90. The number of benzene rings is 1. The minimum absolute atomic E-state index is 0.0159. The van der Waals surface area contributed by atoms with Gasteiger partial charge in [0.2, 0.25) is 0 Å². The van der Waals surface area contributed by atoms with Gasteiger partial charge in [-0.25, -0.2) is 0 Å². The third-order valence-corrected chi connectivity index (χ3v) is 4.90. The van der Waals surface area contributed by atoms with Crippen LogP contribution >= 0.6 is 0 Å². The van der Waals surface area contributed by atoms with Gasteiger partial charge >= 0.3 is 12.4 Å². The lowest BCUT2D eigenvalue weighted by molar-refractivity contribution is -0.185. The number of carbonyl (C=O) groups is 1. The van der Waals surface area contributed by atoms with Crippen LogP contribution in [0.2, 0.25) is 0 Å². The molecule has 1 aliphatic carbocycles. The molecule has 1 saturated carbocycles. The van der Waals surface area contributed by atoms with Gasteiger partial charge in [-0.2, -0.15) is 26.3 Å². The lowest BCUT2D eigenvalue weighted by Crippen LogP contribution is -2.32. The van der Waals surface area contributed by atoms with Gasteiger partial charge in [-0.15, -0.1) is 0 Å². The van der Waals surface area contributed by atoms with Crippen LogP contribution in [0.4, 0.5) is 26.3 Å². The van der Waals surface area contributed by atoms with E-state index in [9.17, 15) is 31.1 Å². The summed E-state index contributed by atoms with van der Waals surface area (Å²) in [6, 6.07) is 5.07. The van der Waals surface area contributed by atoms with Crippen LogP contribution in [-0.4, -0.2) is 23.6 Å². The summed E-state index contributed by atoms with van der Waals surface area (Å²) in [5.74, 6) is -1.85. The number of aldehydes is 1. The van der Waals surface area contributed by atoms with Crippen molar-refractivity contribution in [3.05, 3.63) is 35.5 Å². The fourth-order valence-electron chi connectivity index (χ4n) is 3.50. The van der Waals surface area contributed by atoms with E-state index in [1.54, 1.807) is 0 Å². The van der Waals surface area contributed by atoms with Gasteiger partial charge in [-0.3, -0.25) is 4.98 Å². The van der Waals surface area contributed by atoms with E-state index in [0.29, 0.717) is 12.0 Å². The Kier molecular flexibility index (Phi) is 5.54. The highest BCUT2D eigenvalue weighted by molar-refractivity contribution is 5.85. The number of aromatic nitrogens is 1. The molecule has 0 aliphatic heterocycles. The number of halogens is 6. The van der Waals surface area contributed by atoms with Crippen LogP contribution in [0, 0.1) is 5.92 Å². The summed E-state index contributed by atoms with van der Waals surface area (Å²) in [5.41, 5.74) is -0.595. The first-order chi connectivity index (χ1) is 13.1. The number of fused-ring (bicyclic) bond motifs is 1. The zero-order valence-electron chi connectivity index (χ0n) is 14.6. The second-order valence-electron chi connectivity index (χ2n) is 6.81. The molecule has 0 saturated heterocycles. The zero-order valence-corrected chi connectivity index (χ0v) is 14.6. The molecule has 0 atom stereocenters. The molecule has 3 nitrogen and oxygen atoms in total. The molecule has 0 bridgehead atoms. The van der Waals surface area contributed by atoms with Gasteiger partial charge in [-0.1, -0.05) is 6.07 Å². The maximum Gasteiger partial charge on any atom is 0.420 e. The number of alkyl halides is 6. The standard InChI is InChI=1S/C19H17F6NO2/c20-18(21,22)11-1-4-13(5-2-11)28-16-8-7-15-14(17(16)19(23,24)25)6-3-12(26-15)9-10-27/h3,6-8,10-11,13H,1-2,4-5,9H2. The van der Waals surface area contributed by atoms with Gasteiger partial charge in [0.05, 0.1) is 17.5 Å². The highest BCUT2D eigenvalue weighted by atomic mass is 19.4. The fourth-order valence-corrected chi connectivity index (χ4v) is 3.50. The van der Waals surface area contributed by atoms with Gasteiger partial charge < -0.3 is 9.53 Å². The minimum Gasteiger partial charge on any atom is -0.490 e. The number of hydrogen-bond donors (Lipinski definition) is 0. The van der Waals surface area contributed by atoms with Gasteiger partial charge in [0.1, 0.15) is 17.6 Å². The van der Waals surface area contributed by atoms with Crippen molar-refractivity contribution in [2.45, 2.75) is 50.6 Å². The van der Waals surface area contributed by atoms with Crippen molar-refractivity contribution < 1.29 is 35.9 Å². The largest absolute Gasteiger partial charge is 0.490 e. The molecule has 1 aromatic carbocycles. The van der Waals surface area contributed by atoms with Crippen molar-refractivity contribution in [3.8, 4) is 5.75 Å². The van der Waals surface area contributed by atoms with Crippen LogP contribution in [0.15, 0.2) is 24.3 Å². The molecule has 1 heterocycles. The number of ether oxygens (including phenoxy) is 1. The Balaban J connectivity index is 1.89. The predicted molar refractivity (Wildman–Crippen MR) is 88.9 cm³/mol. The number of carbonyl (C=O) groups excluding carboxylic acids is 1. The van der Waals surface area contributed by atoms with E-state index in [1.165, 1.54) is 18.2 Å². The molecule has 0 radical (unpaired) electrons. The summed E-state index contributed by atoms with van der Waals surface area (Å²) in [5, 5.41) is -0.177. The highest BCUT2D eigenvalue weighted by Crippen LogP contribution is 2.43. The van der Waals surface area contributed by atoms with Crippen molar-refractivity contribution in [3.63, 3.8) is 0 Å². The first-order valence-electron chi connectivity index (χ1n) is 8.76. The van der Waals surface area contributed by atoms with Crippen LogP contribution in [0.25, 0.3) is 10.9 Å². The second kappa shape index (κ2) is 7.60. The molecule has 2 aromatic rings. The molecule has 9 heteroatoms. The monoisotopic (exact) mass is 405 g/mol. The van der Waals surface area contributed by atoms with Crippen molar-refractivity contribution in [2.75, 3.05) is 0 Å². The summed E-state index contributed by atoms with van der Waals surface area (Å²) in [6.07, 6.45) is -9.40. The summed E-state index contributed by atoms with van der Waals surface area (Å²) in [4.78, 5) is 14.6. The van der Waals surface area contributed by atoms with Crippen molar-refractivity contribution in [1.29, 1.82) is 0 Å². The van der Waals surface area contributed by atoms with Gasteiger partial charge in [-0.05, 0) is 43.9 Å². The quantitative estimate of drug-likeness (QED) is 0.499. The molecule has 3 rings (SSSR count). The van der Waals surface area contributed by atoms with Crippen LogP contribution < -0.4 is 4.74 Å². The average molecular weight is 405 g/mol. The van der Waals surface area contributed by atoms with Crippen molar-refractivity contribution in [2.24, 2.45) is 5.92 Å². The van der Waals surface area contributed by atoms with E-state index in [1.807, 2.05) is 0 Å². The van der Waals surface area contributed by atoms with Gasteiger partial charge in [0.15, 0.2) is 0 Å². The fraction of sp³-hybridized carbons (Fsp3) is 0.474. The lowest BCUT2D eigenvalue weighted by Gasteiger charge is -2.31. The normalized spacial score (nSPS) is 20.9. The molecule has 0 spiro atoms. The van der Waals surface area contributed by atoms with E-state index >= 15 is 0 Å². The van der Waals surface area contributed by atoms with Gasteiger partial charge in [0.25, 0.3) is 0 Å². The Hall–Kier alpha value is -2.32. The van der Waals surface area contributed by atoms with Crippen LogP contribution in [-0.2, 0) is 17.4 Å². The van der Waals surface area contributed by atoms with E-state index in [-0.39, 0.29) is 43.0 Å². The molecule has 28 heavy (non-hydrogen) atoms. The Labute approximate surface area is 156 Å². The average Bonchev–Trinajstić information content (AvgIpc) is 2.60. The third kappa shape index (κ3) is 4.39. The van der Waals surface area contributed by atoms with Crippen LogP contribution in [0.5, 0.6) is 5.75 Å². The number of nitrogens with zero attached hydrogens (tertiary/aromatic N) is 1. The Morgan fingerprint density at radius 1 is 1.00 bits per heavy atom. The smallest absolute Gasteiger partial charge is 0.420 e. The predicted octanol–water partition coefficient (Wildman–Crippen LogP) is 5.49. The Morgan fingerprint density at radius 3 is 2.25 bits per heavy atom. The number of rotatable bonds is 4. The molecule has 1 aromatic heterocycles. The van der Waals surface area contributed by atoms with E-state index in [4.69, 9.17) is 4.74 Å².